The first-order chi connectivity index (χ1) is 13.9. The van der Waals surface area contributed by atoms with Crippen LogP contribution in [0.5, 0.6) is 5.75 Å². The summed E-state index contributed by atoms with van der Waals surface area (Å²) in [4.78, 5) is 14.3. The van der Waals surface area contributed by atoms with Gasteiger partial charge >= 0.3 is 0 Å². The summed E-state index contributed by atoms with van der Waals surface area (Å²) >= 11 is 15.5. The van der Waals surface area contributed by atoms with Gasteiger partial charge in [0, 0.05) is 6.20 Å². The molecular formula is C19H14Cl2N4O2S2. The maximum atomic E-state index is 11.1. The van der Waals surface area contributed by atoms with E-state index in [1.54, 1.807) is 12.3 Å². The summed E-state index contributed by atoms with van der Waals surface area (Å²) in [6.07, 6.45) is 3.51. The van der Waals surface area contributed by atoms with Crippen molar-refractivity contribution in [2.75, 3.05) is 6.26 Å². The van der Waals surface area contributed by atoms with Crippen LogP contribution in [0.1, 0.15) is 5.56 Å². The van der Waals surface area contributed by atoms with Crippen LogP contribution in [0.2, 0.25) is 10.0 Å². The molecule has 0 radical (unpaired) electrons. The first kappa shape index (κ1) is 20.0. The number of nitrogens with zero attached hydrogens (tertiary/aromatic N) is 4. The Morgan fingerprint density at radius 3 is 2.48 bits per heavy atom. The predicted molar refractivity (Wildman–Crippen MR) is 117 cm³/mol. The van der Waals surface area contributed by atoms with Gasteiger partial charge in [-0.25, -0.2) is 15.0 Å². The Bertz CT molecular complexity index is 1200. The molecule has 0 aliphatic heterocycles. The second-order valence-electron chi connectivity index (χ2n) is 6.09. The van der Waals surface area contributed by atoms with Gasteiger partial charge in [0.05, 0.1) is 26.2 Å². The van der Waals surface area contributed by atoms with Gasteiger partial charge < -0.3 is 10.3 Å². The summed E-state index contributed by atoms with van der Waals surface area (Å²) in [6.45, 7) is 1.97. The quantitative estimate of drug-likeness (QED) is 0.218. The number of phenolic OH excluding ortho intramolecular Hbond substituents is 1. The van der Waals surface area contributed by atoms with Crippen molar-refractivity contribution in [1.82, 2.24) is 19.7 Å². The highest BCUT2D eigenvalue weighted by molar-refractivity contribution is 7.98. The molecule has 148 valence electrons. The molecule has 0 aliphatic rings. The molecule has 3 heterocycles. The molecule has 10 heteroatoms. The fraction of sp³-hybridized carbons (Fsp3) is 0.105. The lowest BCUT2D eigenvalue weighted by atomic mass is 10.1. The van der Waals surface area contributed by atoms with E-state index in [1.165, 1.54) is 35.2 Å². The van der Waals surface area contributed by atoms with E-state index in [2.05, 4.69) is 15.0 Å². The summed E-state index contributed by atoms with van der Waals surface area (Å²) < 4.78 is 0.936. The van der Waals surface area contributed by atoms with E-state index in [4.69, 9.17) is 23.2 Å². The van der Waals surface area contributed by atoms with Crippen LogP contribution in [0.4, 0.5) is 0 Å². The van der Waals surface area contributed by atoms with Crippen molar-refractivity contribution in [3.05, 3.63) is 51.5 Å². The van der Waals surface area contributed by atoms with Crippen molar-refractivity contribution < 1.29 is 10.3 Å². The van der Waals surface area contributed by atoms with Gasteiger partial charge in [-0.3, -0.25) is 0 Å². The van der Waals surface area contributed by atoms with Crippen LogP contribution < -0.4 is 0 Å². The average molecular weight is 465 g/mol. The first-order valence-electron chi connectivity index (χ1n) is 8.33. The summed E-state index contributed by atoms with van der Waals surface area (Å²) in [5.74, 6) is 0.0804. The lowest BCUT2D eigenvalue weighted by Crippen LogP contribution is -2.00. The lowest BCUT2D eigenvalue weighted by Gasteiger charge is -2.08. The number of hydrogen-bond donors (Lipinski definition) is 2. The highest BCUT2D eigenvalue weighted by Crippen LogP contribution is 2.42. The zero-order valence-corrected chi connectivity index (χ0v) is 18.4. The molecule has 2 N–H and O–H groups in total. The van der Waals surface area contributed by atoms with Gasteiger partial charge in [0.1, 0.15) is 17.1 Å². The van der Waals surface area contributed by atoms with Crippen LogP contribution in [-0.2, 0) is 0 Å². The first-order valence-corrected chi connectivity index (χ1v) is 11.2. The molecule has 0 spiro atoms. The van der Waals surface area contributed by atoms with E-state index < -0.39 is 0 Å². The van der Waals surface area contributed by atoms with Crippen LogP contribution >= 0.6 is 46.3 Å². The second kappa shape index (κ2) is 7.87. The van der Waals surface area contributed by atoms with Crippen molar-refractivity contribution in [1.29, 1.82) is 0 Å². The van der Waals surface area contributed by atoms with E-state index in [1.807, 2.05) is 24.6 Å². The van der Waals surface area contributed by atoms with Gasteiger partial charge in [-0.1, -0.05) is 35.0 Å². The molecule has 29 heavy (non-hydrogen) atoms. The van der Waals surface area contributed by atoms with Crippen LogP contribution in [0, 0.1) is 6.92 Å². The Labute approximate surface area is 184 Å². The number of aromatic hydroxyl groups is 1. The van der Waals surface area contributed by atoms with Gasteiger partial charge in [-0.15, -0.1) is 11.3 Å². The normalized spacial score (nSPS) is 11.2. The molecule has 0 atom stereocenters. The largest absolute Gasteiger partial charge is 0.508 e. The molecule has 4 aromatic rings. The summed E-state index contributed by atoms with van der Waals surface area (Å²) in [5, 5.41) is 23.7. The number of rotatable bonds is 4. The fourth-order valence-electron chi connectivity index (χ4n) is 2.92. The zero-order chi connectivity index (χ0) is 20.7. The Morgan fingerprint density at radius 2 is 1.86 bits per heavy atom. The summed E-state index contributed by atoms with van der Waals surface area (Å²) in [5.41, 5.74) is 2.81. The molecule has 0 saturated carbocycles. The van der Waals surface area contributed by atoms with E-state index >= 15 is 0 Å². The van der Waals surface area contributed by atoms with Gasteiger partial charge in [-0.05, 0) is 48.4 Å². The zero-order valence-electron chi connectivity index (χ0n) is 15.2. The number of benzene rings is 1. The maximum absolute atomic E-state index is 11.1. The second-order valence-corrected chi connectivity index (χ2v) is 8.59. The smallest absolute Gasteiger partial charge is 0.187 e. The third-order valence-electron chi connectivity index (χ3n) is 4.24. The molecule has 1 aromatic carbocycles. The van der Waals surface area contributed by atoms with Crippen LogP contribution in [0.15, 0.2) is 41.0 Å². The number of hydrogen-bond acceptors (Lipinski definition) is 7. The minimum atomic E-state index is -0.0743. The predicted octanol–water partition coefficient (Wildman–Crippen LogP) is 6.02. The Hall–Kier alpha value is -2.26. The number of thioether (sulfide) groups is 1. The highest BCUT2D eigenvalue weighted by Gasteiger charge is 2.26. The molecule has 0 amide bonds. The van der Waals surface area contributed by atoms with Crippen molar-refractivity contribution in [3.63, 3.8) is 0 Å². The topological polar surface area (TPSA) is 84.1 Å². The standard InChI is InChI=1S/C19H14Cl2N4O2S2/c1-9-4-6-29-17(9)15-16(13-3-5-22-19(23-13)28-2)25(27)18(24-15)14-11(20)7-10(26)8-12(14)21/h3-8,26-27H,1-2H3. The van der Waals surface area contributed by atoms with Crippen LogP contribution in [-0.4, -0.2) is 36.3 Å². The van der Waals surface area contributed by atoms with Gasteiger partial charge in [0.25, 0.3) is 0 Å². The number of phenols is 1. The minimum Gasteiger partial charge on any atom is -0.508 e. The highest BCUT2D eigenvalue weighted by atomic mass is 35.5. The van der Waals surface area contributed by atoms with Gasteiger partial charge in [-0.2, -0.15) is 4.73 Å². The lowest BCUT2D eigenvalue weighted by molar-refractivity contribution is 0.195. The van der Waals surface area contributed by atoms with Crippen molar-refractivity contribution in [2.45, 2.75) is 12.1 Å². The van der Waals surface area contributed by atoms with E-state index in [0.717, 1.165) is 15.2 Å². The van der Waals surface area contributed by atoms with Crippen LogP contribution in [0.25, 0.3) is 33.3 Å². The van der Waals surface area contributed by atoms with Crippen molar-refractivity contribution in [2.24, 2.45) is 0 Å². The fourth-order valence-corrected chi connectivity index (χ4v) is 4.84. The molecule has 0 bridgehead atoms. The summed E-state index contributed by atoms with van der Waals surface area (Å²) in [6, 6.07) is 6.39. The molecule has 4 rings (SSSR count). The molecule has 0 fully saturated rings. The number of imidazole rings is 1. The summed E-state index contributed by atoms with van der Waals surface area (Å²) in [7, 11) is 0. The average Bonchev–Trinajstić information content (AvgIpc) is 3.24. The number of aromatic nitrogens is 4. The Morgan fingerprint density at radius 1 is 1.14 bits per heavy atom. The Balaban J connectivity index is 2.04. The molecule has 0 unspecified atom stereocenters. The molecular weight excluding hydrogens is 451 g/mol. The third kappa shape index (κ3) is 3.57. The van der Waals surface area contributed by atoms with Crippen LogP contribution in [0.3, 0.4) is 0 Å². The van der Waals surface area contributed by atoms with E-state index in [-0.39, 0.29) is 21.6 Å². The van der Waals surface area contributed by atoms with Gasteiger partial charge in [0.15, 0.2) is 11.0 Å². The molecule has 3 aromatic heterocycles. The molecule has 6 nitrogen and oxygen atoms in total. The van der Waals surface area contributed by atoms with Crippen molar-refractivity contribution in [3.8, 4) is 39.1 Å². The molecule has 0 saturated heterocycles. The SMILES string of the molecule is CSc1nccc(-c2c(-c3sccc3C)nc(-c3c(Cl)cc(O)cc3Cl)n2O)n1. The van der Waals surface area contributed by atoms with E-state index in [0.29, 0.717) is 27.8 Å². The monoisotopic (exact) mass is 464 g/mol. The maximum Gasteiger partial charge on any atom is 0.187 e. The number of thiophene rings is 1. The number of halogens is 2. The molecule has 0 aliphatic carbocycles. The Kier molecular flexibility index (Phi) is 5.44. The minimum absolute atomic E-state index is 0.0743. The third-order valence-corrected chi connectivity index (χ3v) is 6.42. The van der Waals surface area contributed by atoms with Crippen molar-refractivity contribution >= 4 is 46.3 Å². The van der Waals surface area contributed by atoms with E-state index in [9.17, 15) is 10.3 Å². The number of aryl methyl sites for hydroxylation is 1. The van der Waals surface area contributed by atoms with Gasteiger partial charge in [0.2, 0.25) is 0 Å².